The molecule has 4 aromatic carbocycles. The van der Waals surface area contributed by atoms with Crippen molar-refractivity contribution < 1.29 is 17.9 Å². The van der Waals surface area contributed by atoms with Crippen molar-refractivity contribution in [2.45, 2.75) is 13.8 Å². The van der Waals surface area contributed by atoms with Gasteiger partial charge in [-0.1, -0.05) is 85.0 Å². The van der Waals surface area contributed by atoms with E-state index in [0.29, 0.717) is 29.0 Å². The zero-order valence-corrected chi connectivity index (χ0v) is 19.6. The molecule has 0 amide bonds. The van der Waals surface area contributed by atoms with Gasteiger partial charge in [0.2, 0.25) is 0 Å². The summed E-state index contributed by atoms with van der Waals surface area (Å²) in [4.78, 5) is 0. The summed E-state index contributed by atoms with van der Waals surface area (Å²) >= 11 is 0. The van der Waals surface area contributed by atoms with Crippen LogP contribution in [0, 0.1) is 17.5 Å². The number of hydrogen-bond acceptors (Lipinski definition) is 1. The Morgan fingerprint density at radius 1 is 0.657 bits per heavy atom. The lowest BCUT2D eigenvalue weighted by Crippen LogP contribution is -1.94. The molecule has 0 aromatic heterocycles. The summed E-state index contributed by atoms with van der Waals surface area (Å²) in [6.45, 7) is 4.23. The zero-order valence-electron chi connectivity index (χ0n) is 19.6. The molecule has 35 heavy (non-hydrogen) atoms. The fourth-order valence-corrected chi connectivity index (χ4v) is 3.82. The fourth-order valence-electron chi connectivity index (χ4n) is 3.82. The number of allylic oxidation sites excluding steroid dienone is 1. The highest BCUT2D eigenvalue weighted by atomic mass is 19.2. The van der Waals surface area contributed by atoms with Crippen molar-refractivity contribution in [2.75, 3.05) is 6.61 Å². The van der Waals surface area contributed by atoms with Gasteiger partial charge in [0.15, 0.2) is 11.6 Å². The minimum atomic E-state index is -0.889. The molecule has 0 heterocycles. The largest absolute Gasteiger partial charge is 0.494 e. The first-order chi connectivity index (χ1) is 17.0. The quantitative estimate of drug-likeness (QED) is 0.245. The Morgan fingerprint density at radius 2 is 1.20 bits per heavy atom. The minimum Gasteiger partial charge on any atom is -0.494 e. The average Bonchev–Trinajstić information content (AvgIpc) is 2.87. The van der Waals surface area contributed by atoms with E-state index >= 15 is 0 Å². The van der Waals surface area contributed by atoms with Crippen LogP contribution in [0.5, 0.6) is 5.75 Å². The van der Waals surface area contributed by atoms with E-state index in [1.54, 1.807) is 72.8 Å². The molecule has 0 saturated carbocycles. The molecule has 0 N–H and O–H groups in total. The number of benzene rings is 4. The molecule has 0 saturated heterocycles. The fraction of sp³-hybridized carbons (Fsp3) is 0.0968. The molecule has 0 aliphatic carbocycles. The van der Waals surface area contributed by atoms with Crippen LogP contribution in [0.3, 0.4) is 0 Å². The van der Waals surface area contributed by atoms with Crippen LogP contribution < -0.4 is 4.74 Å². The smallest absolute Gasteiger partial charge is 0.167 e. The van der Waals surface area contributed by atoms with Crippen LogP contribution in [0.2, 0.25) is 0 Å². The third kappa shape index (κ3) is 5.55. The second kappa shape index (κ2) is 10.9. The van der Waals surface area contributed by atoms with Gasteiger partial charge >= 0.3 is 0 Å². The maximum absolute atomic E-state index is 15.0. The second-order valence-corrected chi connectivity index (χ2v) is 7.98. The predicted molar refractivity (Wildman–Crippen MR) is 138 cm³/mol. The third-order valence-electron chi connectivity index (χ3n) is 5.62. The number of rotatable bonds is 7. The molecule has 4 heteroatoms. The van der Waals surface area contributed by atoms with Gasteiger partial charge in [-0.25, -0.2) is 13.2 Å². The van der Waals surface area contributed by atoms with Crippen LogP contribution in [-0.2, 0) is 0 Å². The molecule has 4 aromatic rings. The van der Waals surface area contributed by atoms with Crippen molar-refractivity contribution in [1.29, 1.82) is 0 Å². The summed E-state index contributed by atoms with van der Waals surface area (Å²) < 4.78 is 49.5. The van der Waals surface area contributed by atoms with Crippen LogP contribution >= 0.6 is 0 Å². The molecule has 0 spiro atoms. The molecule has 0 aliphatic heterocycles. The van der Waals surface area contributed by atoms with Crippen molar-refractivity contribution in [3.05, 3.63) is 119 Å². The standard InChI is InChI=1S/C31H25F3O/c1-3-5-21-6-11-23(12-7-21)27-18-19-28(31(34)30(27)33)24-13-8-22(9-14-24)10-15-25-16-17-26(35-4-2)20-29(25)32/h3,5-20H,4H2,1-2H3. The van der Waals surface area contributed by atoms with Gasteiger partial charge in [-0.2, -0.15) is 0 Å². The molecular weight excluding hydrogens is 445 g/mol. The summed E-state index contributed by atoms with van der Waals surface area (Å²) in [5.74, 6) is -1.66. The van der Waals surface area contributed by atoms with Crippen molar-refractivity contribution in [1.82, 2.24) is 0 Å². The third-order valence-corrected chi connectivity index (χ3v) is 5.62. The lowest BCUT2D eigenvalue weighted by Gasteiger charge is -2.10. The molecule has 0 fully saturated rings. The lowest BCUT2D eigenvalue weighted by atomic mass is 9.97. The van der Waals surface area contributed by atoms with Crippen LogP contribution in [0.1, 0.15) is 30.5 Å². The maximum atomic E-state index is 15.0. The highest BCUT2D eigenvalue weighted by molar-refractivity contribution is 5.75. The number of ether oxygens (including phenoxy) is 1. The van der Waals surface area contributed by atoms with Gasteiger partial charge in [0.05, 0.1) is 6.61 Å². The van der Waals surface area contributed by atoms with Gasteiger partial charge < -0.3 is 4.74 Å². The molecule has 1 nitrogen and oxygen atoms in total. The summed E-state index contributed by atoms with van der Waals surface area (Å²) in [6.07, 6.45) is 7.29. The van der Waals surface area contributed by atoms with Crippen molar-refractivity contribution in [3.63, 3.8) is 0 Å². The first kappa shape index (κ1) is 24.1. The van der Waals surface area contributed by atoms with E-state index in [-0.39, 0.29) is 16.9 Å². The van der Waals surface area contributed by atoms with E-state index in [4.69, 9.17) is 4.74 Å². The highest BCUT2D eigenvalue weighted by Crippen LogP contribution is 2.32. The SMILES string of the molecule is CC=Cc1ccc(-c2ccc(-c3ccc(C=Cc4ccc(OCC)cc4F)cc3)c(F)c2F)cc1. The Labute approximate surface area is 203 Å². The molecule has 0 unspecified atom stereocenters. The molecule has 4 rings (SSSR count). The lowest BCUT2D eigenvalue weighted by molar-refractivity contribution is 0.338. The van der Waals surface area contributed by atoms with E-state index in [1.165, 1.54) is 6.07 Å². The molecule has 176 valence electrons. The monoisotopic (exact) mass is 470 g/mol. The van der Waals surface area contributed by atoms with Gasteiger partial charge in [0.1, 0.15) is 11.6 Å². The van der Waals surface area contributed by atoms with Gasteiger partial charge in [0.25, 0.3) is 0 Å². The first-order valence-corrected chi connectivity index (χ1v) is 11.4. The van der Waals surface area contributed by atoms with Crippen LogP contribution in [0.4, 0.5) is 13.2 Å². The van der Waals surface area contributed by atoms with Gasteiger partial charge in [-0.05, 0) is 48.2 Å². The summed E-state index contributed by atoms with van der Waals surface area (Å²) in [5.41, 5.74) is 3.80. The van der Waals surface area contributed by atoms with E-state index in [0.717, 1.165) is 11.1 Å². The average molecular weight is 471 g/mol. The Kier molecular flexibility index (Phi) is 7.51. The first-order valence-electron chi connectivity index (χ1n) is 11.4. The van der Waals surface area contributed by atoms with Crippen LogP contribution in [0.25, 0.3) is 40.5 Å². The highest BCUT2D eigenvalue weighted by Gasteiger charge is 2.16. The van der Waals surface area contributed by atoms with Crippen LogP contribution in [-0.4, -0.2) is 6.61 Å². The van der Waals surface area contributed by atoms with Crippen molar-refractivity contribution in [2.24, 2.45) is 0 Å². The zero-order chi connectivity index (χ0) is 24.8. The second-order valence-electron chi connectivity index (χ2n) is 7.98. The van der Waals surface area contributed by atoms with Gasteiger partial charge in [-0.3, -0.25) is 0 Å². The normalized spacial score (nSPS) is 11.5. The van der Waals surface area contributed by atoms with Crippen molar-refractivity contribution in [3.8, 4) is 28.0 Å². The Bertz CT molecular complexity index is 1370. The van der Waals surface area contributed by atoms with Crippen molar-refractivity contribution >= 4 is 18.2 Å². The van der Waals surface area contributed by atoms with Crippen LogP contribution in [0.15, 0.2) is 84.9 Å². The number of halogens is 3. The molecule has 0 aliphatic rings. The minimum absolute atomic E-state index is 0.185. The van der Waals surface area contributed by atoms with Gasteiger partial charge in [0, 0.05) is 22.8 Å². The van der Waals surface area contributed by atoms with E-state index < -0.39 is 11.6 Å². The van der Waals surface area contributed by atoms with E-state index in [1.807, 2.05) is 38.1 Å². The van der Waals surface area contributed by atoms with E-state index in [2.05, 4.69) is 0 Å². The predicted octanol–water partition coefficient (Wildman–Crippen LogP) is 9.04. The van der Waals surface area contributed by atoms with Gasteiger partial charge in [-0.15, -0.1) is 0 Å². The summed E-state index contributed by atoms with van der Waals surface area (Å²) in [7, 11) is 0. The Hall–Kier alpha value is -4.05. The maximum Gasteiger partial charge on any atom is 0.167 e. The Morgan fingerprint density at radius 3 is 1.69 bits per heavy atom. The Balaban J connectivity index is 1.54. The number of hydrogen-bond donors (Lipinski definition) is 0. The van der Waals surface area contributed by atoms with E-state index in [9.17, 15) is 13.2 Å². The summed E-state index contributed by atoms with van der Waals surface area (Å²) in [5, 5.41) is 0. The molecule has 0 radical (unpaired) electrons. The molecule has 0 atom stereocenters. The topological polar surface area (TPSA) is 9.23 Å². The summed E-state index contributed by atoms with van der Waals surface area (Å²) in [6, 6.07) is 22.2. The molecular formula is C31H25F3O. The molecule has 0 bridgehead atoms.